The molecule has 0 spiro atoms. The second-order valence-electron chi connectivity index (χ2n) is 5.79. The van der Waals surface area contributed by atoms with Gasteiger partial charge in [0.25, 0.3) is 0 Å². The van der Waals surface area contributed by atoms with Crippen molar-refractivity contribution in [3.05, 3.63) is 5.28 Å². The van der Waals surface area contributed by atoms with Crippen LogP contribution in [0.5, 0.6) is 0 Å². The van der Waals surface area contributed by atoms with E-state index in [-0.39, 0.29) is 5.28 Å². The highest BCUT2D eigenvalue weighted by Crippen LogP contribution is 2.38. The second-order valence-corrected chi connectivity index (χ2v) is 6.13. The van der Waals surface area contributed by atoms with E-state index in [9.17, 15) is 0 Å². The molecule has 0 radical (unpaired) electrons. The molecule has 0 aliphatic carbocycles. The van der Waals surface area contributed by atoms with E-state index in [1.165, 1.54) is 25.7 Å². The molecule has 0 amide bonds. The summed E-state index contributed by atoms with van der Waals surface area (Å²) in [4.78, 5) is 17.0. The fourth-order valence-electron chi connectivity index (χ4n) is 2.81. The lowest BCUT2D eigenvalue weighted by atomic mass is 9.74. The molecule has 1 fully saturated rings. The molecular weight excluding hydrogens is 274 g/mol. The molecule has 1 aliphatic heterocycles. The van der Waals surface area contributed by atoms with Gasteiger partial charge in [0.15, 0.2) is 0 Å². The van der Waals surface area contributed by atoms with Crippen molar-refractivity contribution < 1.29 is 0 Å². The van der Waals surface area contributed by atoms with E-state index in [2.05, 4.69) is 33.7 Å². The predicted octanol–water partition coefficient (Wildman–Crippen LogP) is 3.00. The van der Waals surface area contributed by atoms with Crippen LogP contribution in [-0.2, 0) is 0 Å². The van der Waals surface area contributed by atoms with Crippen LogP contribution < -0.4 is 9.80 Å². The van der Waals surface area contributed by atoms with Crippen molar-refractivity contribution >= 4 is 23.5 Å². The molecule has 1 saturated heterocycles. The molecule has 6 heteroatoms. The van der Waals surface area contributed by atoms with Crippen molar-refractivity contribution in [2.45, 2.75) is 39.5 Å². The molecule has 2 heterocycles. The first-order valence-electron chi connectivity index (χ1n) is 7.33. The Kier molecular flexibility index (Phi) is 4.68. The lowest BCUT2D eigenvalue weighted by Crippen LogP contribution is -2.40. The van der Waals surface area contributed by atoms with Gasteiger partial charge in [-0.05, 0) is 29.9 Å². The Labute approximate surface area is 126 Å². The SMILES string of the molecule is CCC1(CC)CCN(c2nc(Cl)nc(N(C)C)n2)CC1. The highest BCUT2D eigenvalue weighted by Gasteiger charge is 2.32. The number of nitrogens with zero attached hydrogens (tertiary/aromatic N) is 5. The fourth-order valence-corrected chi connectivity index (χ4v) is 2.96. The molecule has 0 atom stereocenters. The Balaban J connectivity index is 2.14. The number of anilines is 2. The molecule has 0 aromatic carbocycles. The van der Waals surface area contributed by atoms with E-state index in [4.69, 9.17) is 11.6 Å². The molecule has 0 bridgehead atoms. The zero-order valence-electron chi connectivity index (χ0n) is 12.9. The monoisotopic (exact) mass is 297 g/mol. The molecular formula is C14H24ClN5. The summed E-state index contributed by atoms with van der Waals surface area (Å²) >= 11 is 6.01. The average molecular weight is 298 g/mol. The van der Waals surface area contributed by atoms with E-state index >= 15 is 0 Å². The van der Waals surface area contributed by atoms with Gasteiger partial charge in [-0.2, -0.15) is 15.0 Å². The maximum Gasteiger partial charge on any atom is 0.231 e. The minimum Gasteiger partial charge on any atom is -0.347 e. The van der Waals surface area contributed by atoms with Crippen LogP contribution in [0.3, 0.4) is 0 Å². The Morgan fingerprint density at radius 2 is 1.70 bits per heavy atom. The molecule has 5 nitrogen and oxygen atoms in total. The van der Waals surface area contributed by atoms with Crippen LogP contribution in [0.15, 0.2) is 0 Å². The Morgan fingerprint density at radius 3 is 2.20 bits per heavy atom. The molecule has 0 N–H and O–H groups in total. The van der Waals surface area contributed by atoms with Crippen molar-refractivity contribution in [1.82, 2.24) is 15.0 Å². The third kappa shape index (κ3) is 3.14. The third-order valence-corrected chi connectivity index (χ3v) is 4.76. The minimum atomic E-state index is 0.265. The van der Waals surface area contributed by atoms with E-state index in [0.717, 1.165) is 13.1 Å². The summed E-state index contributed by atoms with van der Waals surface area (Å²) in [5, 5.41) is 0.265. The molecule has 1 aliphatic rings. The highest BCUT2D eigenvalue weighted by molar-refractivity contribution is 6.28. The van der Waals surface area contributed by atoms with E-state index in [0.29, 0.717) is 17.3 Å². The summed E-state index contributed by atoms with van der Waals surface area (Å²) in [6.07, 6.45) is 4.89. The summed E-state index contributed by atoms with van der Waals surface area (Å²) in [5.74, 6) is 1.32. The van der Waals surface area contributed by atoms with Crippen molar-refractivity contribution in [2.24, 2.45) is 5.41 Å². The van der Waals surface area contributed by atoms with Crippen molar-refractivity contribution in [3.8, 4) is 0 Å². The average Bonchev–Trinajstić information content (AvgIpc) is 2.46. The maximum atomic E-state index is 6.01. The second kappa shape index (κ2) is 6.12. The Morgan fingerprint density at radius 1 is 1.10 bits per heavy atom. The Bertz CT molecular complexity index is 449. The number of piperidine rings is 1. The largest absolute Gasteiger partial charge is 0.347 e. The van der Waals surface area contributed by atoms with Crippen molar-refractivity contribution in [1.29, 1.82) is 0 Å². The van der Waals surface area contributed by atoms with Crippen LogP contribution in [0.25, 0.3) is 0 Å². The lowest BCUT2D eigenvalue weighted by molar-refractivity contribution is 0.198. The smallest absolute Gasteiger partial charge is 0.231 e. The van der Waals surface area contributed by atoms with Crippen LogP contribution in [0, 0.1) is 5.41 Å². The first-order valence-corrected chi connectivity index (χ1v) is 7.71. The number of aromatic nitrogens is 3. The van der Waals surface area contributed by atoms with Gasteiger partial charge < -0.3 is 9.80 Å². The van der Waals surface area contributed by atoms with Crippen LogP contribution in [-0.4, -0.2) is 42.1 Å². The normalized spacial score (nSPS) is 18.1. The number of hydrogen-bond acceptors (Lipinski definition) is 5. The molecule has 1 aromatic rings. The number of halogens is 1. The van der Waals surface area contributed by atoms with E-state index in [1.807, 2.05) is 19.0 Å². The molecule has 0 unspecified atom stereocenters. The van der Waals surface area contributed by atoms with Gasteiger partial charge in [-0.3, -0.25) is 0 Å². The summed E-state index contributed by atoms with van der Waals surface area (Å²) in [5.41, 5.74) is 0.498. The van der Waals surface area contributed by atoms with Gasteiger partial charge >= 0.3 is 0 Å². The van der Waals surface area contributed by atoms with Gasteiger partial charge in [0, 0.05) is 27.2 Å². The standard InChI is InChI=1S/C14H24ClN5/c1-5-14(6-2)7-9-20(10-8-14)13-17-11(15)16-12(18-13)19(3)4/h5-10H2,1-4H3. The summed E-state index contributed by atoms with van der Waals surface area (Å²) in [6.45, 7) is 6.58. The van der Waals surface area contributed by atoms with Gasteiger partial charge in [-0.15, -0.1) is 0 Å². The fraction of sp³-hybridized carbons (Fsp3) is 0.786. The van der Waals surface area contributed by atoms with Gasteiger partial charge in [0.1, 0.15) is 0 Å². The van der Waals surface area contributed by atoms with Crippen molar-refractivity contribution in [3.63, 3.8) is 0 Å². The maximum absolute atomic E-state index is 6.01. The van der Waals surface area contributed by atoms with Crippen molar-refractivity contribution in [2.75, 3.05) is 37.0 Å². The third-order valence-electron chi connectivity index (χ3n) is 4.59. The Hall–Kier alpha value is -1.10. The number of rotatable bonds is 4. The zero-order valence-corrected chi connectivity index (χ0v) is 13.6. The highest BCUT2D eigenvalue weighted by atomic mass is 35.5. The first-order chi connectivity index (χ1) is 9.49. The molecule has 112 valence electrons. The molecule has 1 aromatic heterocycles. The summed E-state index contributed by atoms with van der Waals surface area (Å²) in [6, 6.07) is 0. The predicted molar refractivity (Wildman–Crippen MR) is 83.6 cm³/mol. The van der Waals surface area contributed by atoms with Gasteiger partial charge in [-0.25, -0.2) is 0 Å². The number of hydrogen-bond donors (Lipinski definition) is 0. The van der Waals surface area contributed by atoms with Crippen LogP contribution in [0.2, 0.25) is 5.28 Å². The van der Waals surface area contributed by atoms with E-state index in [1.54, 1.807) is 0 Å². The van der Waals surface area contributed by atoms with Gasteiger partial charge in [0.2, 0.25) is 17.2 Å². The van der Waals surface area contributed by atoms with Gasteiger partial charge in [-0.1, -0.05) is 26.7 Å². The quantitative estimate of drug-likeness (QED) is 0.855. The minimum absolute atomic E-state index is 0.265. The van der Waals surface area contributed by atoms with Crippen LogP contribution in [0.1, 0.15) is 39.5 Å². The van der Waals surface area contributed by atoms with Gasteiger partial charge in [0.05, 0.1) is 0 Å². The molecule has 0 saturated carbocycles. The molecule has 20 heavy (non-hydrogen) atoms. The van der Waals surface area contributed by atoms with Crippen LogP contribution in [0.4, 0.5) is 11.9 Å². The summed E-state index contributed by atoms with van der Waals surface area (Å²) in [7, 11) is 3.82. The summed E-state index contributed by atoms with van der Waals surface area (Å²) < 4.78 is 0. The zero-order chi connectivity index (χ0) is 14.8. The topological polar surface area (TPSA) is 45.2 Å². The van der Waals surface area contributed by atoms with E-state index < -0.39 is 0 Å². The lowest BCUT2D eigenvalue weighted by Gasteiger charge is -2.41. The van der Waals surface area contributed by atoms with Crippen LogP contribution >= 0.6 is 11.6 Å². The first kappa shape index (κ1) is 15.3. The molecule has 2 rings (SSSR count).